The molecule has 0 bridgehead atoms. The van der Waals surface area contributed by atoms with Crippen LogP contribution in [-0.4, -0.2) is 32.2 Å². The van der Waals surface area contributed by atoms with E-state index in [4.69, 9.17) is 0 Å². The van der Waals surface area contributed by atoms with Crippen molar-refractivity contribution >= 4 is 21.7 Å². The lowest BCUT2D eigenvalue weighted by molar-refractivity contribution is -0.131. The van der Waals surface area contributed by atoms with E-state index in [1.807, 2.05) is 0 Å². The maximum absolute atomic E-state index is 11.6. The minimum absolute atomic E-state index is 0.0673. The summed E-state index contributed by atoms with van der Waals surface area (Å²) in [6, 6.07) is 0. The summed E-state index contributed by atoms with van der Waals surface area (Å²) < 4.78 is 21.6. The van der Waals surface area contributed by atoms with Gasteiger partial charge in [0.25, 0.3) is 5.91 Å². The highest BCUT2D eigenvalue weighted by Crippen LogP contribution is 2.23. The smallest absolute Gasteiger partial charge is 0.253 e. The molecule has 0 radical (unpaired) electrons. The fourth-order valence-corrected chi connectivity index (χ4v) is 2.42. The van der Waals surface area contributed by atoms with Crippen molar-refractivity contribution in [2.75, 3.05) is 12.0 Å². The quantitative estimate of drug-likeness (QED) is 0.686. The first-order valence-electron chi connectivity index (χ1n) is 5.65. The topological polar surface area (TPSA) is 92.3 Å². The molecule has 0 aliphatic heterocycles. The average molecular weight is 262 g/mol. The van der Waals surface area contributed by atoms with Gasteiger partial charge in [-0.1, -0.05) is 19.3 Å². The molecule has 0 aromatic heterocycles. The average Bonchev–Trinajstić information content (AvgIpc) is 2.25. The van der Waals surface area contributed by atoms with Crippen LogP contribution in [0.4, 0.5) is 0 Å². The fraction of sp³-hybridized carbons (Fsp3) is 0.800. The van der Waals surface area contributed by atoms with Crippen LogP contribution in [0.1, 0.15) is 32.1 Å². The lowest BCUT2D eigenvalue weighted by atomic mass is 9.89. The maximum Gasteiger partial charge on any atom is 0.253 e. The maximum atomic E-state index is 11.6. The van der Waals surface area contributed by atoms with Gasteiger partial charge in [0.1, 0.15) is 5.75 Å². The van der Waals surface area contributed by atoms with E-state index in [1.165, 1.54) is 0 Å². The first kappa shape index (κ1) is 14.0. The second-order valence-electron chi connectivity index (χ2n) is 4.44. The van der Waals surface area contributed by atoms with Crippen LogP contribution in [0, 0.1) is 5.92 Å². The molecule has 7 heteroatoms. The molecular formula is C10H18N2O4S. The number of hydrogen-bond acceptors (Lipinski definition) is 4. The molecule has 98 valence electrons. The Labute approximate surface area is 101 Å². The van der Waals surface area contributed by atoms with Crippen LogP contribution < -0.4 is 10.9 Å². The number of carbonyl (C=O) groups is 2. The second kappa shape index (κ2) is 6.00. The molecule has 6 nitrogen and oxygen atoms in total. The number of amides is 2. The van der Waals surface area contributed by atoms with E-state index in [-0.39, 0.29) is 11.8 Å². The third kappa shape index (κ3) is 5.67. The Hall–Kier alpha value is -1.11. The summed E-state index contributed by atoms with van der Waals surface area (Å²) in [6.07, 6.45) is 5.81. The van der Waals surface area contributed by atoms with Crippen molar-refractivity contribution in [3.63, 3.8) is 0 Å². The molecule has 0 heterocycles. The fourth-order valence-electron chi connectivity index (χ4n) is 1.87. The van der Waals surface area contributed by atoms with Crippen LogP contribution >= 0.6 is 0 Å². The van der Waals surface area contributed by atoms with Gasteiger partial charge in [0.05, 0.1) is 0 Å². The van der Waals surface area contributed by atoms with E-state index in [9.17, 15) is 18.0 Å². The van der Waals surface area contributed by atoms with Crippen molar-refractivity contribution in [1.29, 1.82) is 0 Å². The molecule has 0 saturated heterocycles. The highest BCUT2D eigenvalue weighted by molar-refractivity contribution is 7.91. The van der Waals surface area contributed by atoms with Crippen LogP contribution in [0.15, 0.2) is 0 Å². The predicted molar refractivity (Wildman–Crippen MR) is 62.6 cm³/mol. The van der Waals surface area contributed by atoms with Crippen molar-refractivity contribution in [2.45, 2.75) is 32.1 Å². The molecular weight excluding hydrogens is 244 g/mol. The third-order valence-corrected chi connectivity index (χ3v) is 3.48. The number of hydrogen-bond donors (Lipinski definition) is 2. The summed E-state index contributed by atoms with van der Waals surface area (Å²) in [7, 11) is -3.36. The van der Waals surface area contributed by atoms with Gasteiger partial charge in [-0.2, -0.15) is 0 Å². The lowest BCUT2D eigenvalue weighted by Crippen LogP contribution is -2.46. The van der Waals surface area contributed by atoms with Gasteiger partial charge in [0.15, 0.2) is 9.84 Å². The number of sulfone groups is 1. The zero-order chi connectivity index (χ0) is 12.9. The van der Waals surface area contributed by atoms with Crippen molar-refractivity contribution in [3.05, 3.63) is 0 Å². The molecule has 0 spiro atoms. The van der Waals surface area contributed by atoms with Gasteiger partial charge >= 0.3 is 0 Å². The molecule has 1 fully saturated rings. The first-order valence-corrected chi connectivity index (χ1v) is 7.71. The number of rotatable bonds is 3. The van der Waals surface area contributed by atoms with Gasteiger partial charge < -0.3 is 0 Å². The summed E-state index contributed by atoms with van der Waals surface area (Å²) in [5.74, 6) is -1.62. The van der Waals surface area contributed by atoms with E-state index < -0.39 is 21.5 Å². The summed E-state index contributed by atoms with van der Waals surface area (Å²) in [5.41, 5.74) is 4.39. The molecule has 1 saturated carbocycles. The Balaban J connectivity index is 2.30. The van der Waals surface area contributed by atoms with Crippen LogP contribution in [0.25, 0.3) is 0 Å². The molecule has 0 aromatic carbocycles. The number of hydrazine groups is 1. The minimum Gasteiger partial charge on any atom is -0.273 e. The zero-order valence-electron chi connectivity index (χ0n) is 9.86. The van der Waals surface area contributed by atoms with E-state index in [1.54, 1.807) is 0 Å². The molecule has 2 N–H and O–H groups in total. The van der Waals surface area contributed by atoms with Crippen LogP contribution in [0.2, 0.25) is 0 Å². The van der Waals surface area contributed by atoms with E-state index in [0.29, 0.717) is 0 Å². The van der Waals surface area contributed by atoms with Crippen molar-refractivity contribution in [3.8, 4) is 0 Å². The number of nitrogens with one attached hydrogen (secondary N) is 2. The Morgan fingerprint density at radius 2 is 1.71 bits per heavy atom. The van der Waals surface area contributed by atoms with Crippen LogP contribution in [0.5, 0.6) is 0 Å². The molecule has 0 atom stereocenters. The standard InChI is InChI=1S/C10H18N2O4S/c1-17(15,16)7-9(13)11-12-10(14)8-5-3-2-4-6-8/h8H,2-7H2,1H3,(H,11,13)(H,12,14). The monoisotopic (exact) mass is 262 g/mol. The minimum atomic E-state index is -3.36. The molecule has 0 unspecified atom stereocenters. The van der Waals surface area contributed by atoms with Gasteiger partial charge in [0.2, 0.25) is 5.91 Å². The van der Waals surface area contributed by atoms with E-state index in [0.717, 1.165) is 38.4 Å². The largest absolute Gasteiger partial charge is 0.273 e. The van der Waals surface area contributed by atoms with Crippen molar-refractivity contribution in [2.24, 2.45) is 5.92 Å². The molecule has 1 aliphatic carbocycles. The normalized spacial score (nSPS) is 17.5. The Bertz CT molecular complexity index is 385. The van der Waals surface area contributed by atoms with Crippen molar-refractivity contribution in [1.82, 2.24) is 10.9 Å². The lowest BCUT2D eigenvalue weighted by Gasteiger charge is -2.20. The summed E-state index contributed by atoms with van der Waals surface area (Å²) in [6.45, 7) is 0. The van der Waals surface area contributed by atoms with E-state index in [2.05, 4.69) is 10.9 Å². The molecule has 0 aromatic rings. The van der Waals surface area contributed by atoms with Crippen molar-refractivity contribution < 1.29 is 18.0 Å². The van der Waals surface area contributed by atoms with Gasteiger partial charge in [-0.25, -0.2) is 8.42 Å². The van der Waals surface area contributed by atoms with Gasteiger partial charge in [0, 0.05) is 12.2 Å². The summed E-state index contributed by atoms with van der Waals surface area (Å²) in [5, 5.41) is 0. The van der Waals surface area contributed by atoms with Gasteiger partial charge in [-0.3, -0.25) is 20.4 Å². The molecule has 2 amide bonds. The molecule has 1 aliphatic rings. The number of carbonyl (C=O) groups excluding carboxylic acids is 2. The Morgan fingerprint density at radius 1 is 1.12 bits per heavy atom. The zero-order valence-corrected chi connectivity index (χ0v) is 10.7. The van der Waals surface area contributed by atoms with E-state index >= 15 is 0 Å². The Morgan fingerprint density at radius 3 is 2.24 bits per heavy atom. The third-order valence-electron chi connectivity index (χ3n) is 2.69. The molecule has 1 rings (SSSR count). The first-order chi connectivity index (χ1) is 7.88. The molecule has 17 heavy (non-hydrogen) atoms. The van der Waals surface area contributed by atoms with Crippen LogP contribution in [-0.2, 0) is 19.4 Å². The highest BCUT2D eigenvalue weighted by Gasteiger charge is 2.21. The second-order valence-corrected chi connectivity index (χ2v) is 6.58. The van der Waals surface area contributed by atoms with Crippen LogP contribution in [0.3, 0.4) is 0 Å². The Kier molecular flexibility index (Phi) is 4.92. The van der Waals surface area contributed by atoms with Gasteiger partial charge in [-0.15, -0.1) is 0 Å². The highest BCUT2D eigenvalue weighted by atomic mass is 32.2. The summed E-state index contributed by atoms with van der Waals surface area (Å²) in [4.78, 5) is 22.7. The SMILES string of the molecule is CS(=O)(=O)CC(=O)NNC(=O)C1CCCCC1. The predicted octanol–water partition coefficient (Wildman–Crippen LogP) is -0.241. The summed E-state index contributed by atoms with van der Waals surface area (Å²) >= 11 is 0. The van der Waals surface area contributed by atoms with Gasteiger partial charge in [-0.05, 0) is 12.8 Å².